The number of nitrogens with one attached hydrogen (secondary N) is 2. The zero-order valence-corrected chi connectivity index (χ0v) is 13.7. The second-order valence-electron chi connectivity index (χ2n) is 6.38. The largest absolute Gasteiger partial charge is 0.376 e. The van der Waals surface area contributed by atoms with Gasteiger partial charge in [0.05, 0.1) is 19.3 Å². The van der Waals surface area contributed by atoms with E-state index < -0.39 is 0 Å². The second-order valence-corrected chi connectivity index (χ2v) is 6.38. The van der Waals surface area contributed by atoms with Crippen LogP contribution >= 0.6 is 0 Å². The average molecular weight is 321 g/mol. The molecule has 0 radical (unpaired) electrons. The van der Waals surface area contributed by atoms with Crippen molar-refractivity contribution >= 4 is 6.03 Å². The van der Waals surface area contributed by atoms with Crippen molar-refractivity contribution in [2.45, 2.75) is 70.6 Å². The first-order valence-electron chi connectivity index (χ1n) is 8.87. The van der Waals surface area contributed by atoms with Crippen molar-refractivity contribution < 1.29 is 9.53 Å². The van der Waals surface area contributed by atoms with Crippen LogP contribution in [0.25, 0.3) is 0 Å². The molecule has 0 atom stereocenters. The van der Waals surface area contributed by atoms with Crippen LogP contribution in [0, 0.1) is 0 Å². The van der Waals surface area contributed by atoms with E-state index in [-0.39, 0.29) is 6.03 Å². The highest BCUT2D eigenvalue weighted by molar-refractivity contribution is 5.73. The molecule has 0 saturated heterocycles. The van der Waals surface area contributed by atoms with E-state index in [1.165, 1.54) is 25.7 Å². The molecule has 1 saturated carbocycles. The van der Waals surface area contributed by atoms with Gasteiger partial charge in [-0.3, -0.25) is 0 Å². The first-order chi connectivity index (χ1) is 11.3. The number of aromatic nitrogens is 3. The van der Waals surface area contributed by atoms with Gasteiger partial charge in [0.25, 0.3) is 0 Å². The third-order valence-electron chi connectivity index (χ3n) is 4.64. The molecule has 1 aromatic rings. The molecule has 3 rings (SSSR count). The van der Waals surface area contributed by atoms with Gasteiger partial charge in [-0.1, -0.05) is 25.7 Å². The number of fused-ring (bicyclic) bond motifs is 1. The Morgan fingerprint density at radius 1 is 1.13 bits per heavy atom. The second kappa shape index (κ2) is 8.29. The Hall–Kier alpha value is -1.63. The Bertz CT molecular complexity index is 509. The number of hydrogen-bond acceptors (Lipinski definition) is 4. The molecule has 0 bridgehead atoms. The number of urea groups is 1. The molecule has 0 spiro atoms. The zero-order valence-electron chi connectivity index (χ0n) is 13.7. The number of nitrogens with zero attached hydrogens (tertiary/aromatic N) is 3. The lowest BCUT2D eigenvalue weighted by atomic mass is 10.1. The third kappa shape index (κ3) is 4.67. The van der Waals surface area contributed by atoms with E-state index in [4.69, 9.17) is 4.74 Å². The summed E-state index contributed by atoms with van der Waals surface area (Å²) in [6.07, 6.45) is 9.97. The lowest BCUT2D eigenvalue weighted by Crippen LogP contribution is -2.37. The van der Waals surface area contributed by atoms with Crippen LogP contribution in [0.4, 0.5) is 4.79 Å². The molecule has 0 unspecified atom stereocenters. The van der Waals surface area contributed by atoms with Gasteiger partial charge in [0.2, 0.25) is 0 Å². The van der Waals surface area contributed by atoms with E-state index >= 15 is 0 Å². The van der Waals surface area contributed by atoms with Crippen LogP contribution in [-0.4, -0.2) is 40.1 Å². The number of carbonyl (C=O) groups excluding carboxylic acids is 1. The monoisotopic (exact) mass is 321 g/mol. The lowest BCUT2D eigenvalue weighted by molar-refractivity contribution is 0.0460. The fourth-order valence-electron chi connectivity index (χ4n) is 3.36. The molecular weight excluding hydrogens is 294 g/mol. The molecule has 2 N–H and O–H groups in total. The highest BCUT2D eigenvalue weighted by Gasteiger charge is 2.17. The molecule has 1 aromatic heterocycles. The Labute approximate surface area is 137 Å². The Balaban J connectivity index is 1.29. The van der Waals surface area contributed by atoms with Crippen molar-refractivity contribution in [1.29, 1.82) is 0 Å². The van der Waals surface area contributed by atoms with E-state index in [0.717, 1.165) is 43.9 Å². The fraction of sp³-hybridized carbons (Fsp3) is 0.812. The summed E-state index contributed by atoms with van der Waals surface area (Å²) >= 11 is 0. The third-order valence-corrected chi connectivity index (χ3v) is 4.64. The maximum atomic E-state index is 11.8. The molecule has 7 heteroatoms. The van der Waals surface area contributed by atoms with Gasteiger partial charge in [-0.05, 0) is 19.3 Å². The summed E-state index contributed by atoms with van der Waals surface area (Å²) in [5.74, 6) is 1.86. The number of aryl methyl sites for hydroxylation is 1. The maximum Gasteiger partial charge on any atom is 0.315 e. The van der Waals surface area contributed by atoms with E-state index in [0.29, 0.717) is 25.8 Å². The minimum absolute atomic E-state index is 0.176. The Morgan fingerprint density at radius 3 is 2.78 bits per heavy atom. The van der Waals surface area contributed by atoms with Gasteiger partial charge in [-0.2, -0.15) is 0 Å². The van der Waals surface area contributed by atoms with Crippen LogP contribution in [0.15, 0.2) is 0 Å². The number of ether oxygens (including phenoxy) is 1. The van der Waals surface area contributed by atoms with Crippen molar-refractivity contribution in [3.05, 3.63) is 11.6 Å². The summed E-state index contributed by atoms with van der Waals surface area (Å²) < 4.78 is 7.95. The first kappa shape index (κ1) is 16.2. The molecular formula is C16H27N5O2. The summed E-state index contributed by atoms with van der Waals surface area (Å²) in [6, 6.07) is -0.176. The first-order valence-corrected chi connectivity index (χ1v) is 8.87. The van der Waals surface area contributed by atoms with Crippen LogP contribution in [0.1, 0.15) is 56.6 Å². The minimum atomic E-state index is -0.176. The van der Waals surface area contributed by atoms with Gasteiger partial charge < -0.3 is 19.9 Å². The lowest BCUT2D eigenvalue weighted by Gasteiger charge is -2.15. The number of rotatable bonds is 6. The van der Waals surface area contributed by atoms with E-state index in [1.807, 2.05) is 0 Å². The van der Waals surface area contributed by atoms with Crippen molar-refractivity contribution in [3.63, 3.8) is 0 Å². The van der Waals surface area contributed by atoms with E-state index in [9.17, 15) is 4.79 Å². The molecule has 0 aromatic carbocycles. The van der Waals surface area contributed by atoms with Crippen LogP contribution in [0.5, 0.6) is 0 Å². The van der Waals surface area contributed by atoms with Gasteiger partial charge in [-0.15, -0.1) is 10.2 Å². The normalized spacial score (nSPS) is 18.4. The maximum absolute atomic E-state index is 11.8. The van der Waals surface area contributed by atoms with Crippen molar-refractivity contribution in [1.82, 2.24) is 25.4 Å². The molecule has 2 aliphatic rings. The standard InChI is InChI=1S/C16H27N5O2/c22-16(17-9-11-23-13-6-3-1-2-4-7-13)18-12-15-20-19-14-8-5-10-21(14)15/h13H,1-12H2,(H2,17,18,22). The Kier molecular flexibility index (Phi) is 5.85. The predicted molar refractivity (Wildman–Crippen MR) is 86.0 cm³/mol. The summed E-state index contributed by atoms with van der Waals surface area (Å²) in [6.45, 7) is 2.50. The predicted octanol–water partition coefficient (Wildman–Crippen LogP) is 1.76. The summed E-state index contributed by atoms with van der Waals surface area (Å²) in [4.78, 5) is 11.8. The molecule has 1 aliphatic heterocycles. The highest BCUT2D eigenvalue weighted by Crippen LogP contribution is 2.19. The van der Waals surface area contributed by atoms with Gasteiger partial charge >= 0.3 is 6.03 Å². The molecule has 7 nitrogen and oxygen atoms in total. The van der Waals surface area contributed by atoms with E-state index in [2.05, 4.69) is 25.4 Å². The molecule has 1 aliphatic carbocycles. The van der Waals surface area contributed by atoms with Crippen LogP contribution in [0.2, 0.25) is 0 Å². The van der Waals surface area contributed by atoms with Gasteiger partial charge in [-0.25, -0.2) is 4.79 Å². The molecule has 2 amide bonds. The average Bonchev–Trinajstić information content (AvgIpc) is 3.06. The smallest absolute Gasteiger partial charge is 0.315 e. The summed E-state index contributed by atoms with van der Waals surface area (Å²) in [5, 5.41) is 13.9. The van der Waals surface area contributed by atoms with Gasteiger partial charge in [0.1, 0.15) is 5.82 Å². The summed E-state index contributed by atoms with van der Waals surface area (Å²) in [5.41, 5.74) is 0. The van der Waals surface area contributed by atoms with Crippen molar-refractivity contribution in [2.24, 2.45) is 0 Å². The highest BCUT2D eigenvalue weighted by atomic mass is 16.5. The fourth-order valence-corrected chi connectivity index (χ4v) is 3.36. The van der Waals surface area contributed by atoms with Crippen LogP contribution in [-0.2, 0) is 24.2 Å². The quantitative estimate of drug-likeness (QED) is 0.618. The number of hydrogen-bond donors (Lipinski definition) is 2. The SMILES string of the molecule is O=C(NCCOC1CCCCCC1)NCc1nnc2n1CCC2. The molecule has 1 fully saturated rings. The van der Waals surface area contributed by atoms with Crippen LogP contribution < -0.4 is 10.6 Å². The topological polar surface area (TPSA) is 81.1 Å². The van der Waals surface area contributed by atoms with E-state index in [1.54, 1.807) is 0 Å². The molecule has 23 heavy (non-hydrogen) atoms. The van der Waals surface area contributed by atoms with Crippen molar-refractivity contribution in [3.8, 4) is 0 Å². The molecule has 2 heterocycles. The number of amides is 2. The molecule has 128 valence electrons. The summed E-state index contributed by atoms with van der Waals surface area (Å²) in [7, 11) is 0. The van der Waals surface area contributed by atoms with Gasteiger partial charge in [0.15, 0.2) is 5.82 Å². The Morgan fingerprint density at radius 2 is 1.96 bits per heavy atom. The van der Waals surface area contributed by atoms with Crippen LogP contribution in [0.3, 0.4) is 0 Å². The number of carbonyl (C=O) groups is 1. The van der Waals surface area contributed by atoms with Gasteiger partial charge in [0, 0.05) is 19.5 Å². The van der Waals surface area contributed by atoms with Crippen molar-refractivity contribution in [2.75, 3.05) is 13.2 Å². The zero-order chi connectivity index (χ0) is 15.9. The minimum Gasteiger partial charge on any atom is -0.376 e.